The van der Waals surface area contributed by atoms with Gasteiger partial charge in [-0.1, -0.05) is 11.6 Å². The highest BCUT2D eigenvalue weighted by Crippen LogP contribution is 2.32. The Balaban J connectivity index is 1.63. The fraction of sp³-hybridized carbons (Fsp3) is 0.462. The Kier molecular flexibility index (Phi) is 3.94. The monoisotopic (exact) mass is 331 g/mol. The van der Waals surface area contributed by atoms with Crippen molar-refractivity contribution in [2.45, 2.75) is 25.6 Å². The van der Waals surface area contributed by atoms with Crippen LogP contribution in [0.2, 0.25) is 5.02 Å². The molecule has 0 saturated heterocycles. The number of rotatable bonds is 3. The van der Waals surface area contributed by atoms with Crippen LogP contribution in [0.3, 0.4) is 0 Å². The van der Waals surface area contributed by atoms with Crippen LogP contribution in [0.1, 0.15) is 17.8 Å². The Labute approximate surface area is 129 Å². The average molecular weight is 332 g/mol. The van der Waals surface area contributed by atoms with Crippen LogP contribution in [0.15, 0.2) is 18.6 Å². The smallest absolute Gasteiger partial charge is 0.368 e. The molecule has 0 radical (unpaired) electrons. The molecule has 9 heteroatoms. The SMILES string of the molecule is FC(F)(F)c1cnc(NC[C@@H]2CCc3nncn3C2)c(Cl)c1. The standard InChI is InChI=1S/C13H13ClF3N5/c14-10-3-9(13(15,16)17)5-19-12(10)18-4-8-1-2-11-21-20-7-22(11)6-8/h3,5,7-8H,1-2,4,6H2,(H,18,19)/t8-/m0/s1. The molecule has 5 nitrogen and oxygen atoms in total. The van der Waals surface area contributed by atoms with Crippen molar-refractivity contribution in [3.05, 3.63) is 35.0 Å². The fourth-order valence-electron chi connectivity index (χ4n) is 2.46. The predicted octanol–water partition coefficient (Wildman–Crippen LogP) is 3.02. The number of hydrogen-bond donors (Lipinski definition) is 1. The normalized spacial score (nSPS) is 18.1. The first-order valence-electron chi connectivity index (χ1n) is 6.77. The maximum atomic E-state index is 12.6. The number of pyridine rings is 1. The third-order valence-electron chi connectivity index (χ3n) is 3.65. The molecule has 2 aromatic rings. The molecule has 22 heavy (non-hydrogen) atoms. The largest absolute Gasteiger partial charge is 0.417 e. The topological polar surface area (TPSA) is 55.6 Å². The lowest BCUT2D eigenvalue weighted by Crippen LogP contribution is -2.26. The summed E-state index contributed by atoms with van der Waals surface area (Å²) in [5.41, 5.74) is -0.852. The molecule has 1 aliphatic heterocycles. The van der Waals surface area contributed by atoms with Crippen molar-refractivity contribution in [2.75, 3.05) is 11.9 Å². The van der Waals surface area contributed by atoms with Crippen molar-refractivity contribution in [1.29, 1.82) is 0 Å². The van der Waals surface area contributed by atoms with Crippen LogP contribution >= 0.6 is 11.6 Å². The summed E-state index contributed by atoms with van der Waals surface area (Å²) in [6.07, 6.45) is -0.203. The predicted molar refractivity (Wildman–Crippen MR) is 74.6 cm³/mol. The highest BCUT2D eigenvalue weighted by atomic mass is 35.5. The van der Waals surface area contributed by atoms with E-state index in [4.69, 9.17) is 11.6 Å². The van der Waals surface area contributed by atoms with Crippen molar-refractivity contribution in [2.24, 2.45) is 5.92 Å². The molecule has 118 valence electrons. The Morgan fingerprint density at radius 2 is 2.23 bits per heavy atom. The van der Waals surface area contributed by atoms with E-state index in [0.29, 0.717) is 12.5 Å². The molecule has 0 unspecified atom stereocenters. The molecular weight excluding hydrogens is 319 g/mol. The maximum absolute atomic E-state index is 12.6. The van der Waals surface area contributed by atoms with Crippen molar-refractivity contribution in [3.63, 3.8) is 0 Å². The molecule has 3 heterocycles. The number of nitrogens with zero attached hydrogens (tertiary/aromatic N) is 4. The minimum absolute atomic E-state index is 0.0318. The van der Waals surface area contributed by atoms with Crippen molar-refractivity contribution >= 4 is 17.4 Å². The van der Waals surface area contributed by atoms with E-state index >= 15 is 0 Å². The molecular formula is C13H13ClF3N5. The molecule has 0 bridgehead atoms. The van der Waals surface area contributed by atoms with E-state index in [0.717, 1.165) is 37.5 Å². The van der Waals surface area contributed by atoms with Gasteiger partial charge >= 0.3 is 6.18 Å². The number of fused-ring (bicyclic) bond motifs is 1. The molecule has 1 aliphatic rings. The van der Waals surface area contributed by atoms with Crippen LogP contribution in [-0.4, -0.2) is 26.3 Å². The zero-order chi connectivity index (χ0) is 15.7. The Hall–Kier alpha value is -1.83. The van der Waals surface area contributed by atoms with Gasteiger partial charge in [-0.2, -0.15) is 13.2 Å². The van der Waals surface area contributed by atoms with E-state index in [9.17, 15) is 13.2 Å². The summed E-state index contributed by atoms with van der Waals surface area (Å²) >= 11 is 5.87. The summed E-state index contributed by atoms with van der Waals surface area (Å²) < 4.78 is 39.6. The number of nitrogens with one attached hydrogen (secondary N) is 1. The van der Waals surface area contributed by atoms with E-state index in [1.54, 1.807) is 6.33 Å². The van der Waals surface area contributed by atoms with E-state index in [1.165, 1.54) is 0 Å². The lowest BCUT2D eigenvalue weighted by molar-refractivity contribution is -0.137. The van der Waals surface area contributed by atoms with Crippen molar-refractivity contribution in [1.82, 2.24) is 19.7 Å². The molecule has 0 aliphatic carbocycles. The van der Waals surface area contributed by atoms with Gasteiger partial charge in [0.2, 0.25) is 0 Å². The van der Waals surface area contributed by atoms with Gasteiger partial charge in [0.15, 0.2) is 0 Å². The van der Waals surface area contributed by atoms with Gasteiger partial charge in [0.05, 0.1) is 10.6 Å². The van der Waals surface area contributed by atoms with Crippen LogP contribution in [0.4, 0.5) is 19.0 Å². The van der Waals surface area contributed by atoms with E-state index in [-0.39, 0.29) is 10.8 Å². The minimum Gasteiger partial charge on any atom is -0.368 e. The quantitative estimate of drug-likeness (QED) is 0.939. The molecule has 0 spiro atoms. The molecule has 0 saturated carbocycles. The second kappa shape index (κ2) is 5.75. The van der Waals surface area contributed by atoms with Gasteiger partial charge in [-0.05, 0) is 18.4 Å². The van der Waals surface area contributed by atoms with Crippen LogP contribution in [-0.2, 0) is 19.1 Å². The van der Waals surface area contributed by atoms with E-state index in [1.807, 2.05) is 4.57 Å². The number of aromatic nitrogens is 4. The van der Waals surface area contributed by atoms with Crippen LogP contribution < -0.4 is 5.32 Å². The second-order valence-electron chi connectivity index (χ2n) is 5.24. The lowest BCUT2D eigenvalue weighted by Gasteiger charge is -2.23. The zero-order valence-electron chi connectivity index (χ0n) is 11.4. The summed E-state index contributed by atoms with van der Waals surface area (Å²) in [7, 11) is 0. The van der Waals surface area contributed by atoms with Crippen molar-refractivity contribution in [3.8, 4) is 0 Å². The van der Waals surface area contributed by atoms with Crippen LogP contribution in [0.25, 0.3) is 0 Å². The summed E-state index contributed by atoms with van der Waals surface area (Å²) in [6, 6.07) is 0.885. The first kappa shape index (κ1) is 15.1. The van der Waals surface area contributed by atoms with Gasteiger partial charge in [0.25, 0.3) is 0 Å². The molecule has 0 amide bonds. The molecule has 1 N–H and O–H groups in total. The molecule has 2 aromatic heterocycles. The van der Waals surface area contributed by atoms with Crippen LogP contribution in [0.5, 0.6) is 0 Å². The second-order valence-corrected chi connectivity index (χ2v) is 5.64. The Morgan fingerprint density at radius 3 is 2.95 bits per heavy atom. The van der Waals surface area contributed by atoms with E-state index < -0.39 is 11.7 Å². The summed E-state index contributed by atoms with van der Waals surface area (Å²) in [5.74, 6) is 1.55. The first-order valence-corrected chi connectivity index (χ1v) is 7.14. The maximum Gasteiger partial charge on any atom is 0.417 e. The highest BCUT2D eigenvalue weighted by Gasteiger charge is 2.31. The number of anilines is 1. The minimum atomic E-state index is -4.44. The number of hydrogen-bond acceptors (Lipinski definition) is 4. The molecule has 3 rings (SSSR count). The van der Waals surface area contributed by atoms with Crippen molar-refractivity contribution < 1.29 is 13.2 Å². The van der Waals surface area contributed by atoms with Gasteiger partial charge in [-0.25, -0.2) is 4.98 Å². The van der Waals surface area contributed by atoms with Crippen LogP contribution in [0, 0.1) is 5.92 Å². The average Bonchev–Trinajstić information content (AvgIpc) is 2.92. The summed E-state index contributed by atoms with van der Waals surface area (Å²) in [4.78, 5) is 3.77. The van der Waals surface area contributed by atoms with Gasteiger partial charge in [0, 0.05) is 25.7 Å². The van der Waals surface area contributed by atoms with Gasteiger partial charge in [-0.3, -0.25) is 0 Å². The third-order valence-corrected chi connectivity index (χ3v) is 3.94. The number of aryl methyl sites for hydroxylation is 1. The van der Waals surface area contributed by atoms with Gasteiger partial charge in [-0.15, -0.1) is 10.2 Å². The summed E-state index contributed by atoms with van der Waals surface area (Å²) in [6.45, 7) is 1.35. The first-order chi connectivity index (χ1) is 10.4. The Bertz CT molecular complexity index is 670. The summed E-state index contributed by atoms with van der Waals surface area (Å²) in [5, 5.41) is 10.9. The van der Waals surface area contributed by atoms with Gasteiger partial charge < -0.3 is 9.88 Å². The number of alkyl halides is 3. The zero-order valence-corrected chi connectivity index (χ0v) is 12.2. The molecule has 1 atom stereocenters. The fourth-order valence-corrected chi connectivity index (χ4v) is 2.69. The molecule has 0 aromatic carbocycles. The van der Waals surface area contributed by atoms with E-state index in [2.05, 4.69) is 20.5 Å². The number of halogens is 4. The molecule has 0 fully saturated rings. The third kappa shape index (κ3) is 3.16. The highest BCUT2D eigenvalue weighted by molar-refractivity contribution is 6.32. The van der Waals surface area contributed by atoms with Gasteiger partial charge in [0.1, 0.15) is 18.0 Å². The lowest BCUT2D eigenvalue weighted by atomic mass is 9.99. The Morgan fingerprint density at radius 1 is 1.41 bits per heavy atom.